The topological polar surface area (TPSA) is 22.2 Å². The third-order valence-corrected chi connectivity index (χ3v) is 6.55. The highest BCUT2D eigenvalue weighted by molar-refractivity contribution is 6.14. The van der Waals surface area contributed by atoms with Gasteiger partial charge < -0.3 is 0 Å². The fourth-order valence-electron chi connectivity index (χ4n) is 5.08. The molecule has 0 saturated heterocycles. The van der Waals surface area contributed by atoms with Crippen molar-refractivity contribution in [3.05, 3.63) is 127 Å². The third kappa shape index (κ3) is 2.74. The Morgan fingerprint density at radius 1 is 0.412 bits per heavy atom. The number of para-hydroxylation sites is 5. The van der Waals surface area contributed by atoms with Crippen LogP contribution in [0.1, 0.15) is 0 Å². The van der Waals surface area contributed by atoms with Gasteiger partial charge in [0.15, 0.2) is 0 Å². The molecule has 3 nitrogen and oxygen atoms in total. The van der Waals surface area contributed by atoms with E-state index in [0.717, 1.165) is 38.9 Å². The van der Waals surface area contributed by atoms with Crippen LogP contribution in [0.15, 0.2) is 127 Å². The minimum atomic E-state index is 0.875. The molecule has 0 saturated carbocycles. The smallest absolute Gasteiger partial charge is 0.220 e. The average Bonchev–Trinajstić information content (AvgIpc) is 3.24. The lowest BCUT2D eigenvalue weighted by Gasteiger charge is -2.05. The van der Waals surface area contributed by atoms with E-state index < -0.39 is 0 Å². The van der Waals surface area contributed by atoms with E-state index in [9.17, 15) is 0 Å². The van der Waals surface area contributed by atoms with E-state index in [4.69, 9.17) is 4.98 Å². The maximum absolute atomic E-state index is 5.36. The van der Waals surface area contributed by atoms with E-state index >= 15 is 0 Å². The summed E-state index contributed by atoms with van der Waals surface area (Å²) in [5.41, 5.74) is 5.40. The fourth-order valence-corrected chi connectivity index (χ4v) is 5.08. The summed E-state index contributed by atoms with van der Waals surface area (Å²) in [4.78, 5) is 5.36. The monoisotopic (exact) mass is 435 g/mol. The lowest BCUT2D eigenvalue weighted by atomic mass is 10.0. The maximum Gasteiger partial charge on any atom is 0.220 e. The maximum atomic E-state index is 5.36. The summed E-state index contributed by atoms with van der Waals surface area (Å²) in [7, 11) is 0. The first-order valence-electron chi connectivity index (χ1n) is 11.5. The lowest BCUT2D eigenvalue weighted by molar-refractivity contribution is 1.09. The molecule has 7 aromatic rings. The van der Waals surface area contributed by atoms with Gasteiger partial charge in [0.25, 0.3) is 0 Å². The van der Waals surface area contributed by atoms with Crippen LogP contribution in [0, 0.1) is 0 Å². The van der Waals surface area contributed by atoms with Gasteiger partial charge in [-0.2, -0.15) is 0 Å². The van der Waals surface area contributed by atoms with Crippen LogP contribution in [0.4, 0.5) is 0 Å². The summed E-state index contributed by atoms with van der Waals surface area (Å²) in [6, 6.07) is 44.8. The number of benzene rings is 5. The van der Waals surface area contributed by atoms with Gasteiger partial charge in [-0.15, -0.1) is 0 Å². The van der Waals surface area contributed by atoms with Crippen LogP contribution in [0.3, 0.4) is 0 Å². The van der Waals surface area contributed by atoms with Gasteiger partial charge in [0.05, 0.1) is 22.1 Å². The molecule has 0 atom stereocenters. The van der Waals surface area contributed by atoms with Crippen LogP contribution in [-0.2, 0) is 0 Å². The SMILES string of the molecule is c1ccc(-n2c3ccccc3n3c4ccccc4c4ccccc4c4ccccc4nc23)cc1. The Balaban J connectivity index is 1.91. The van der Waals surface area contributed by atoms with Crippen LogP contribution in [0.2, 0.25) is 0 Å². The molecule has 0 N–H and O–H groups in total. The molecule has 5 aromatic carbocycles. The Hall–Kier alpha value is -4.63. The standard InChI is InChI=1S/C31H21N3/c1-2-12-22(13-3-1)33-29-20-10-11-21-30(29)34-28-19-9-7-17-26(28)24-15-5-4-14-23(24)25-16-6-8-18-27(25)32-31(33)34/h1-21H. The van der Waals surface area contributed by atoms with E-state index in [1.165, 1.54) is 16.2 Å². The van der Waals surface area contributed by atoms with Gasteiger partial charge in [0.2, 0.25) is 5.78 Å². The quantitative estimate of drug-likeness (QED) is 0.257. The van der Waals surface area contributed by atoms with Crippen molar-refractivity contribution in [2.75, 3.05) is 0 Å². The fraction of sp³-hybridized carbons (Fsp3) is 0. The highest BCUT2D eigenvalue weighted by Crippen LogP contribution is 2.31. The van der Waals surface area contributed by atoms with Crippen LogP contribution < -0.4 is 0 Å². The van der Waals surface area contributed by atoms with Crippen molar-refractivity contribution in [1.82, 2.24) is 14.0 Å². The Kier molecular flexibility index (Phi) is 4.15. The van der Waals surface area contributed by atoms with Gasteiger partial charge in [0.1, 0.15) is 0 Å². The molecule has 0 amide bonds. The Morgan fingerprint density at radius 2 is 0.941 bits per heavy atom. The van der Waals surface area contributed by atoms with Gasteiger partial charge in [-0.25, -0.2) is 4.98 Å². The molecule has 34 heavy (non-hydrogen) atoms. The summed E-state index contributed by atoms with van der Waals surface area (Å²) in [5.74, 6) is 0.875. The van der Waals surface area contributed by atoms with Crippen molar-refractivity contribution < 1.29 is 0 Å². The van der Waals surface area contributed by atoms with E-state index in [0.29, 0.717) is 0 Å². The van der Waals surface area contributed by atoms with Gasteiger partial charge in [-0.1, -0.05) is 91.0 Å². The molecule has 3 heteroatoms. The Labute approximate surface area is 196 Å². The molecule has 0 unspecified atom stereocenters. The molecular weight excluding hydrogens is 414 g/mol. The molecule has 0 radical (unpaired) electrons. The zero-order chi connectivity index (χ0) is 22.5. The van der Waals surface area contributed by atoms with Gasteiger partial charge in [-0.05, 0) is 47.2 Å². The molecule has 0 spiro atoms. The predicted octanol–water partition coefficient (Wildman–Crippen LogP) is 7.86. The van der Waals surface area contributed by atoms with Crippen molar-refractivity contribution in [1.29, 1.82) is 0 Å². The first-order chi connectivity index (χ1) is 16.9. The number of fused-ring (bicyclic) bond motifs is 9. The number of imidazole rings is 1. The molecule has 0 aliphatic heterocycles. The normalized spacial score (nSPS) is 11.5. The minimum Gasteiger partial charge on any atom is -0.278 e. The van der Waals surface area contributed by atoms with E-state index in [2.05, 4.69) is 136 Å². The number of aromatic nitrogens is 3. The number of nitrogens with zero attached hydrogens (tertiary/aromatic N) is 3. The number of hydrogen-bond donors (Lipinski definition) is 0. The molecule has 0 aliphatic carbocycles. The molecule has 0 aliphatic rings. The van der Waals surface area contributed by atoms with Gasteiger partial charge in [0, 0.05) is 16.5 Å². The van der Waals surface area contributed by atoms with E-state index in [-0.39, 0.29) is 0 Å². The number of hydrogen-bond acceptors (Lipinski definition) is 1. The summed E-state index contributed by atoms with van der Waals surface area (Å²) >= 11 is 0. The van der Waals surface area contributed by atoms with Crippen LogP contribution >= 0.6 is 0 Å². The van der Waals surface area contributed by atoms with Crippen LogP contribution in [-0.4, -0.2) is 14.0 Å². The predicted molar refractivity (Wildman–Crippen MR) is 142 cm³/mol. The molecular formula is C31H21N3. The van der Waals surface area contributed by atoms with Crippen molar-refractivity contribution >= 4 is 49.4 Å². The summed E-state index contributed by atoms with van der Waals surface area (Å²) < 4.78 is 4.56. The zero-order valence-corrected chi connectivity index (χ0v) is 18.5. The van der Waals surface area contributed by atoms with Crippen molar-refractivity contribution in [3.8, 4) is 5.69 Å². The summed E-state index contributed by atoms with van der Waals surface area (Å²) in [6.07, 6.45) is 0. The van der Waals surface area contributed by atoms with Crippen LogP contribution in [0.5, 0.6) is 0 Å². The molecule has 2 heterocycles. The second-order valence-corrected chi connectivity index (χ2v) is 8.49. The molecule has 160 valence electrons. The van der Waals surface area contributed by atoms with Gasteiger partial charge in [-0.3, -0.25) is 8.97 Å². The lowest BCUT2D eigenvalue weighted by Crippen LogP contribution is -1.96. The number of rotatable bonds is 1. The molecule has 0 fully saturated rings. The van der Waals surface area contributed by atoms with Crippen molar-refractivity contribution in [2.45, 2.75) is 0 Å². The second-order valence-electron chi connectivity index (χ2n) is 8.49. The molecule has 0 bridgehead atoms. The highest BCUT2D eigenvalue weighted by Gasteiger charge is 2.14. The van der Waals surface area contributed by atoms with E-state index in [1.807, 2.05) is 0 Å². The molecule has 2 aromatic heterocycles. The summed E-state index contributed by atoms with van der Waals surface area (Å²) in [5, 5.41) is 4.71. The van der Waals surface area contributed by atoms with Crippen LogP contribution in [0.25, 0.3) is 55.1 Å². The van der Waals surface area contributed by atoms with Crippen molar-refractivity contribution in [2.24, 2.45) is 0 Å². The van der Waals surface area contributed by atoms with Gasteiger partial charge >= 0.3 is 0 Å². The average molecular weight is 436 g/mol. The molecule has 7 rings (SSSR count). The zero-order valence-electron chi connectivity index (χ0n) is 18.5. The first kappa shape index (κ1) is 18.9. The Bertz CT molecular complexity index is 1910. The first-order valence-corrected chi connectivity index (χ1v) is 11.5. The second kappa shape index (κ2) is 7.46. The highest BCUT2D eigenvalue weighted by atomic mass is 15.2. The largest absolute Gasteiger partial charge is 0.278 e. The minimum absolute atomic E-state index is 0.875. The summed E-state index contributed by atoms with van der Waals surface area (Å²) in [6.45, 7) is 0. The Morgan fingerprint density at radius 3 is 1.71 bits per heavy atom. The van der Waals surface area contributed by atoms with E-state index in [1.54, 1.807) is 0 Å². The third-order valence-electron chi connectivity index (χ3n) is 6.55. The van der Waals surface area contributed by atoms with Crippen molar-refractivity contribution in [3.63, 3.8) is 0 Å².